The molecule has 3 nitrogen and oxygen atoms in total. The summed E-state index contributed by atoms with van der Waals surface area (Å²) in [5.74, 6) is 0. The SMILES string of the molecule is CC(C)(C)n1cc(CNc2cccc(Cl)c2)cn1. The van der Waals surface area contributed by atoms with Gasteiger partial charge in [-0.3, -0.25) is 4.68 Å². The highest BCUT2D eigenvalue weighted by Gasteiger charge is 2.13. The highest BCUT2D eigenvalue weighted by molar-refractivity contribution is 6.30. The molecule has 0 spiro atoms. The van der Waals surface area contributed by atoms with Crippen LogP contribution in [0.5, 0.6) is 0 Å². The van der Waals surface area contributed by atoms with Crippen LogP contribution in [0.25, 0.3) is 0 Å². The van der Waals surface area contributed by atoms with Crippen LogP contribution >= 0.6 is 11.6 Å². The summed E-state index contributed by atoms with van der Waals surface area (Å²) in [7, 11) is 0. The van der Waals surface area contributed by atoms with Crippen LogP contribution < -0.4 is 5.32 Å². The summed E-state index contributed by atoms with van der Waals surface area (Å²) in [6, 6.07) is 7.71. The quantitative estimate of drug-likeness (QED) is 0.910. The first-order valence-corrected chi connectivity index (χ1v) is 6.36. The number of nitrogens with one attached hydrogen (secondary N) is 1. The Bertz CT molecular complexity index is 526. The van der Waals surface area contributed by atoms with Gasteiger partial charge in [-0.25, -0.2) is 0 Å². The average Bonchev–Trinajstić information content (AvgIpc) is 2.74. The van der Waals surface area contributed by atoms with E-state index in [-0.39, 0.29) is 5.54 Å². The number of aromatic nitrogens is 2. The van der Waals surface area contributed by atoms with Crippen molar-refractivity contribution in [2.75, 3.05) is 5.32 Å². The second kappa shape index (κ2) is 5.02. The van der Waals surface area contributed by atoms with Gasteiger partial charge in [0.25, 0.3) is 0 Å². The van der Waals surface area contributed by atoms with E-state index < -0.39 is 0 Å². The number of hydrogen-bond donors (Lipinski definition) is 1. The number of benzene rings is 1. The van der Waals surface area contributed by atoms with Crippen molar-refractivity contribution in [3.8, 4) is 0 Å². The molecule has 1 aromatic heterocycles. The van der Waals surface area contributed by atoms with Crippen molar-refractivity contribution in [1.29, 1.82) is 0 Å². The minimum Gasteiger partial charge on any atom is -0.381 e. The van der Waals surface area contributed by atoms with Gasteiger partial charge < -0.3 is 5.32 Å². The number of rotatable bonds is 3. The largest absolute Gasteiger partial charge is 0.381 e. The van der Waals surface area contributed by atoms with E-state index in [0.717, 1.165) is 22.8 Å². The van der Waals surface area contributed by atoms with Gasteiger partial charge in [0.05, 0.1) is 11.7 Å². The lowest BCUT2D eigenvalue weighted by atomic mass is 10.1. The third-order valence-electron chi connectivity index (χ3n) is 2.64. The van der Waals surface area contributed by atoms with Crippen LogP contribution in [0, 0.1) is 0 Å². The fourth-order valence-electron chi connectivity index (χ4n) is 1.62. The first-order valence-electron chi connectivity index (χ1n) is 5.98. The van der Waals surface area contributed by atoms with Gasteiger partial charge in [-0.1, -0.05) is 17.7 Å². The van der Waals surface area contributed by atoms with Crippen molar-refractivity contribution in [2.24, 2.45) is 0 Å². The Balaban J connectivity index is 2.01. The molecule has 0 aliphatic heterocycles. The van der Waals surface area contributed by atoms with Gasteiger partial charge in [-0.2, -0.15) is 5.10 Å². The lowest BCUT2D eigenvalue weighted by Gasteiger charge is -2.18. The normalized spacial score (nSPS) is 11.6. The van der Waals surface area contributed by atoms with Crippen LogP contribution in [-0.2, 0) is 12.1 Å². The maximum Gasteiger partial charge on any atom is 0.0543 e. The van der Waals surface area contributed by atoms with Crippen LogP contribution in [0.15, 0.2) is 36.7 Å². The van der Waals surface area contributed by atoms with E-state index in [9.17, 15) is 0 Å². The van der Waals surface area contributed by atoms with Gasteiger partial charge in [-0.05, 0) is 39.0 Å². The van der Waals surface area contributed by atoms with Crippen LogP contribution in [0.4, 0.5) is 5.69 Å². The molecule has 0 saturated carbocycles. The highest BCUT2D eigenvalue weighted by Crippen LogP contribution is 2.17. The standard InChI is InChI=1S/C14H18ClN3/c1-14(2,3)18-10-11(9-17-18)8-16-13-6-4-5-12(15)7-13/h4-7,9-10,16H,8H2,1-3H3. The molecule has 1 aromatic carbocycles. The van der Waals surface area contributed by atoms with Gasteiger partial charge in [0, 0.05) is 29.0 Å². The molecule has 0 bridgehead atoms. The molecule has 0 aliphatic rings. The van der Waals surface area contributed by atoms with Crippen LogP contribution in [0.2, 0.25) is 5.02 Å². The molecule has 0 unspecified atom stereocenters. The van der Waals surface area contributed by atoms with E-state index >= 15 is 0 Å². The smallest absolute Gasteiger partial charge is 0.0543 e. The lowest BCUT2D eigenvalue weighted by molar-refractivity contribution is 0.355. The molecule has 0 amide bonds. The molecule has 96 valence electrons. The Labute approximate surface area is 113 Å². The first kappa shape index (κ1) is 13.0. The molecule has 4 heteroatoms. The van der Waals surface area contributed by atoms with Crippen LogP contribution in [0.1, 0.15) is 26.3 Å². The molecule has 0 aliphatic carbocycles. The molecule has 0 atom stereocenters. The predicted octanol–water partition coefficient (Wildman–Crippen LogP) is 3.90. The molecule has 0 saturated heterocycles. The van der Waals surface area contributed by atoms with Gasteiger partial charge in [0.1, 0.15) is 0 Å². The van der Waals surface area contributed by atoms with E-state index in [0.29, 0.717) is 0 Å². The van der Waals surface area contributed by atoms with Crippen molar-refractivity contribution >= 4 is 17.3 Å². The maximum atomic E-state index is 5.93. The van der Waals surface area contributed by atoms with Crippen molar-refractivity contribution in [3.63, 3.8) is 0 Å². The molecule has 1 N–H and O–H groups in total. The monoisotopic (exact) mass is 263 g/mol. The fourth-order valence-corrected chi connectivity index (χ4v) is 1.81. The summed E-state index contributed by atoms with van der Waals surface area (Å²) in [6.45, 7) is 7.15. The third-order valence-corrected chi connectivity index (χ3v) is 2.88. The molecular weight excluding hydrogens is 246 g/mol. The van der Waals surface area contributed by atoms with Gasteiger partial charge >= 0.3 is 0 Å². The maximum absolute atomic E-state index is 5.93. The minimum atomic E-state index is 0.0221. The Morgan fingerprint density at radius 2 is 2.11 bits per heavy atom. The summed E-state index contributed by atoms with van der Waals surface area (Å²) >= 11 is 5.93. The minimum absolute atomic E-state index is 0.0221. The van der Waals surface area contributed by atoms with Gasteiger partial charge in [0.2, 0.25) is 0 Å². The van der Waals surface area contributed by atoms with Crippen molar-refractivity contribution in [1.82, 2.24) is 9.78 Å². The fraction of sp³-hybridized carbons (Fsp3) is 0.357. The van der Waals surface area contributed by atoms with E-state index in [1.54, 1.807) is 0 Å². The van der Waals surface area contributed by atoms with E-state index in [4.69, 9.17) is 11.6 Å². The van der Waals surface area contributed by atoms with Crippen molar-refractivity contribution in [3.05, 3.63) is 47.2 Å². The first-order chi connectivity index (χ1) is 8.45. The van der Waals surface area contributed by atoms with Crippen molar-refractivity contribution < 1.29 is 0 Å². The number of nitrogens with zero attached hydrogens (tertiary/aromatic N) is 2. The summed E-state index contributed by atoms with van der Waals surface area (Å²) in [5.41, 5.74) is 2.20. The van der Waals surface area contributed by atoms with E-state index in [1.807, 2.05) is 35.1 Å². The summed E-state index contributed by atoms with van der Waals surface area (Å²) < 4.78 is 1.97. The van der Waals surface area contributed by atoms with E-state index in [1.165, 1.54) is 0 Å². The lowest BCUT2D eigenvalue weighted by Crippen LogP contribution is -2.21. The summed E-state index contributed by atoms with van der Waals surface area (Å²) in [6.07, 6.45) is 3.96. The third kappa shape index (κ3) is 3.26. The van der Waals surface area contributed by atoms with Crippen LogP contribution in [0.3, 0.4) is 0 Å². The van der Waals surface area contributed by atoms with E-state index in [2.05, 4.69) is 37.4 Å². The predicted molar refractivity (Wildman–Crippen MR) is 76.0 cm³/mol. The molecule has 2 aromatic rings. The summed E-state index contributed by atoms with van der Waals surface area (Å²) in [4.78, 5) is 0. The molecular formula is C14H18ClN3. The van der Waals surface area contributed by atoms with Gasteiger partial charge in [-0.15, -0.1) is 0 Å². The number of hydrogen-bond acceptors (Lipinski definition) is 2. The number of halogens is 1. The van der Waals surface area contributed by atoms with Crippen molar-refractivity contribution in [2.45, 2.75) is 32.9 Å². The zero-order chi connectivity index (χ0) is 13.2. The zero-order valence-electron chi connectivity index (χ0n) is 10.9. The Morgan fingerprint density at radius 1 is 1.33 bits per heavy atom. The molecule has 2 rings (SSSR count). The Morgan fingerprint density at radius 3 is 2.72 bits per heavy atom. The van der Waals surface area contributed by atoms with Gasteiger partial charge in [0.15, 0.2) is 0 Å². The summed E-state index contributed by atoms with van der Waals surface area (Å²) in [5, 5.41) is 8.44. The zero-order valence-corrected chi connectivity index (χ0v) is 11.7. The number of anilines is 1. The highest BCUT2D eigenvalue weighted by atomic mass is 35.5. The molecule has 0 radical (unpaired) electrons. The second-order valence-corrected chi connectivity index (χ2v) is 5.76. The average molecular weight is 264 g/mol. The Kier molecular flexibility index (Phi) is 3.62. The van der Waals surface area contributed by atoms with Crippen LogP contribution in [-0.4, -0.2) is 9.78 Å². The second-order valence-electron chi connectivity index (χ2n) is 5.33. The molecule has 0 fully saturated rings. The Hall–Kier alpha value is -1.48. The topological polar surface area (TPSA) is 29.9 Å². The molecule has 18 heavy (non-hydrogen) atoms. The molecule has 1 heterocycles.